The average Bonchev–Trinajstić information content (AvgIpc) is 3.01. The lowest BCUT2D eigenvalue weighted by molar-refractivity contribution is 0.0420. The summed E-state index contributed by atoms with van der Waals surface area (Å²) in [5.41, 5.74) is 2.37. The molecule has 106 valence electrons. The van der Waals surface area contributed by atoms with Gasteiger partial charge in [0, 0.05) is 23.7 Å². The molecule has 1 saturated carbocycles. The van der Waals surface area contributed by atoms with Crippen molar-refractivity contribution in [2.24, 2.45) is 5.92 Å². The fourth-order valence-corrected chi connectivity index (χ4v) is 2.99. The Kier molecular flexibility index (Phi) is 3.58. The number of rotatable bonds is 4. The second kappa shape index (κ2) is 5.38. The Balaban J connectivity index is 1.60. The number of aromatic nitrogens is 2. The first-order valence-electron chi connectivity index (χ1n) is 6.69. The van der Waals surface area contributed by atoms with Crippen molar-refractivity contribution in [3.05, 3.63) is 28.3 Å². The summed E-state index contributed by atoms with van der Waals surface area (Å²) in [6, 6.07) is 1.82. The van der Waals surface area contributed by atoms with Crippen molar-refractivity contribution in [2.75, 3.05) is 6.54 Å². The summed E-state index contributed by atoms with van der Waals surface area (Å²) >= 11 is 1.59. The molecule has 0 aliphatic heterocycles. The highest BCUT2D eigenvalue weighted by Gasteiger charge is 2.27. The van der Waals surface area contributed by atoms with E-state index in [1.165, 1.54) is 0 Å². The van der Waals surface area contributed by atoms with Crippen LogP contribution in [0.15, 0.2) is 17.6 Å². The topological polar surface area (TPSA) is 78.0 Å². The van der Waals surface area contributed by atoms with E-state index in [1.807, 2.05) is 18.4 Å². The zero-order valence-corrected chi connectivity index (χ0v) is 12.0. The number of aromatic amines is 1. The molecule has 0 saturated heterocycles. The van der Waals surface area contributed by atoms with Gasteiger partial charge >= 0.3 is 0 Å². The van der Waals surface area contributed by atoms with Crippen molar-refractivity contribution in [1.82, 2.24) is 15.3 Å². The number of aliphatic hydroxyl groups is 1. The van der Waals surface area contributed by atoms with Gasteiger partial charge in [-0.3, -0.25) is 4.79 Å². The van der Waals surface area contributed by atoms with Crippen LogP contribution in [0.5, 0.6) is 0 Å². The number of amides is 1. The fourth-order valence-electron chi connectivity index (χ4n) is 2.37. The molecular weight excluding hydrogens is 274 g/mol. The van der Waals surface area contributed by atoms with Crippen LogP contribution in [0.25, 0.3) is 11.3 Å². The summed E-state index contributed by atoms with van der Waals surface area (Å²) in [6.45, 7) is 2.58. The standard InChI is InChI=1S/C14H17N3O2S/c1-8-17-13(7-20-8)10-4-12(15-6-10)14(19)16-5-9-2-11(18)3-9/h4,6-7,9,11,15,18H,2-3,5H2,1H3,(H,16,19). The van der Waals surface area contributed by atoms with E-state index in [1.54, 1.807) is 17.5 Å². The molecule has 0 bridgehead atoms. The highest BCUT2D eigenvalue weighted by atomic mass is 32.1. The predicted octanol–water partition coefficient (Wildman–Crippen LogP) is 1.95. The van der Waals surface area contributed by atoms with E-state index in [2.05, 4.69) is 15.3 Å². The maximum absolute atomic E-state index is 12.0. The number of carbonyl (C=O) groups is 1. The molecule has 1 fully saturated rings. The van der Waals surface area contributed by atoms with Crippen LogP contribution in [0.1, 0.15) is 28.3 Å². The Morgan fingerprint density at radius 3 is 3.05 bits per heavy atom. The number of hydrogen-bond donors (Lipinski definition) is 3. The van der Waals surface area contributed by atoms with Crippen molar-refractivity contribution >= 4 is 17.2 Å². The van der Waals surface area contributed by atoms with Crippen LogP contribution in [0.2, 0.25) is 0 Å². The molecule has 5 nitrogen and oxygen atoms in total. The van der Waals surface area contributed by atoms with Crippen LogP contribution in [0.4, 0.5) is 0 Å². The van der Waals surface area contributed by atoms with Gasteiger partial charge in [-0.1, -0.05) is 0 Å². The first kappa shape index (κ1) is 13.3. The number of nitrogens with zero attached hydrogens (tertiary/aromatic N) is 1. The summed E-state index contributed by atoms with van der Waals surface area (Å²) in [6.07, 6.45) is 3.20. The minimum absolute atomic E-state index is 0.107. The van der Waals surface area contributed by atoms with Gasteiger partial charge < -0.3 is 15.4 Å². The largest absolute Gasteiger partial charge is 0.393 e. The molecule has 3 rings (SSSR count). The SMILES string of the molecule is Cc1nc(-c2c[nH]c(C(=O)NCC3CC(O)C3)c2)cs1. The maximum Gasteiger partial charge on any atom is 0.267 e. The van der Waals surface area contributed by atoms with Gasteiger partial charge in [0.2, 0.25) is 0 Å². The Labute approximate surface area is 121 Å². The lowest BCUT2D eigenvalue weighted by atomic mass is 9.82. The summed E-state index contributed by atoms with van der Waals surface area (Å²) in [4.78, 5) is 19.4. The van der Waals surface area contributed by atoms with E-state index in [4.69, 9.17) is 0 Å². The molecule has 0 spiro atoms. The number of aliphatic hydroxyl groups excluding tert-OH is 1. The van der Waals surface area contributed by atoms with Crippen molar-refractivity contribution in [2.45, 2.75) is 25.9 Å². The van der Waals surface area contributed by atoms with Crippen molar-refractivity contribution in [3.63, 3.8) is 0 Å². The molecule has 0 aromatic carbocycles. The minimum Gasteiger partial charge on any atom is -0.393 e. The van der Waals surface area contributed by atoms with Crippen molar-refractivity contribution < 1.29 is 9.90 Å². The van der Waals surface area contributed by atoms with E-state index in [9.17, 15) is 9.90 Å². The van der Waals surface area contributed by atoms with Gasteiger partial charge in [-0.15, -0.1) is 11.3 Å². The Morgan fingerprint density at radius 1 is 1.60 bits per heavy atom. The third-order valence-electron chi connectivity index (χ3n) is 3.60. The van der Waals surface area contributed by atoms with E-state index >= 15 is 0 Å². The maximum atomic E-state index is 12.0. The molecule has 6 heteroatoms. The van der Waals surface area contributed by atoms with E-state index < -0.39 is 0 Å². The fraction of sp³-hybridized carbons (Fsp3) is 0.429. The van der Waals surface area contributed by atoms with Gasteiger partial charge in [-0.05, 0) is 31.7 Å². The number of nitrogens with one attached hydrogen (secondary N) is 2. The number of carbonyl (C=O) groups excluding carboxylic acids is 1. The normalized spacial score (nSPS) is 21.5. The molecule has 2 heterocycles. The monoisotopic (exact) mass is 291 g/mol. The third-order valence-corrected chi connectivity index (χ3v) is 4.38. The van der Waals surface area contributed by atoms with Gasteiger partial charge in [0.15, 0.2) is 0 Å². The van der Waals surface area contributed by atoms with Crippen LogP contribution >= 0.6 is 11.3 Å². The quantitative estimate of drug-likeness (QED) is 0.805. The molecule has 1 aliphatic carbocycles. The van der Waals surface area contributed by atoms with Gasteiger partial charge in [-0.2, -0.15) is 0 Å². The zero-order valence-electron chi connectivity index (χ0n) is 11.2. The third kappa shape index (κ3) is 2.76. The number of H-pyrrole nitrogens is 1. The van der Waals surface area contributed by atoms with Crippen LogP contribution in [0.3, 0.4) is 0 Å². The minimum atomic E-state index is -0.179. The van der Waals surface area contributed by atoms with Gasteiger partial charge in [-0.25, -0.2) is 4.98 Å². The first-order valence-corrected chi connectivity index (χ1v) is 7.57. The van der Waals surface area contributed by atoms with E-state index in [-0.39, 0.29) is 12.0 Å². The van der Waals surface area contributed by atoms with Crippen LogP contribution < -0.4 is 5.32 Å². The predicted molar refractivity (Wildman–Crippen MR) is 77.7 cm³/mol. The van der Waals surface area contributed by atoms with Crippen LogP contribution in [-0.2, 0) is 0 Å². The van der Waals surface area contributed by atoms with Crippen LogP contribution in [-0.4, -0.2) is 33.6 Å². The Morgan fingerprint density at radius 2 is 2.40 bits per heavy atom. The zero-order chi connectivity index (χ0) is 14.1. The number of hydrogen-bond acceptors (Lipinski definition) is 4. The highest BCUT2D eigenvalue weighted by Crippen LogP contribution is 2.26. The molecule has 0 unspecified atom stereocenters. The molecule has 1 aliphatic rings. The summed E-state index contributed by atoms with van der Waals surface area (Å²) in [5.74, 6) is 0.300. The number of aryl methyl sites for hydroxylation is 1. The number of thiazole rings is 1. The molecule has 0 radical (unpaired) electrons. The molecule has 1 amide bonds. The molecule has 2 aromatic rings. The molecule has 2 aromatic heterocycles. The van der Waals surface area contributed by atoms with E-state index in [0.717, 1.165) is 29.1 Å². The summed E-state index contributed by atoms with van der Waals surface area (Å²) in [7, 11) is 0. The summed E-state index contributed by atoms with van der Waals surface area (Å²) in [5, 5.41) is 15.1. The van der Waals surface area contributed by atoms with Gasteiger partial charge in [0.1, 0.15) is 5.69 Å². The molecule has 0 atom stereocenters. The average molecular weight is 291 g/mol. The van der Waals surface area contributed by atoms with E-state index in [0.29, 0.717) is 18.2 Å². The van der Waals surface area contributed by atoms with Gasteiger partial charge in [0.25, 0.3) is 5.91 Å². The molecule has 20 heavy (non-hydrogen) atoms. The smallest absolute Gasteiger partial charge is 0.267 e. The first-order chi connectivity index (χ1) is 9.61. The van der Waals surface area contributed by atoms with Crippen LogP contribution in [0, 0.1) is 12.8 Å². The second-order valence-electron chi connectivity index (χ2n) is 5.26. The van der Waals surface area contributed by atoms with Crippen molar-refractivity contribution in [3.8, 4) is 11.3 Å². The summed E-state index contributed by atoms with van der Waals surface area (Å²) < 4.78 is 0. The highest BCUT2D eigenvalue weighted by molar-refractivity contribution is 7.09. The lowest BCUT2D eigenvalue weighted by Crippen LogP contribution is -2.38. The Bertz CT molecular complexity index is 613. The second-order valence-corrected chi connectivity index (χ2v) is 6.32. The van der Waals surface area contributed by atoms with Crippen molar-refractivity contribution in [1.29, 1.82) is 0 Å². The molecule has 3 N–H and O–H groups in total. The van der Waals surface area contributed by atoms with Gasteiger partial charge in [0.05, 0.1) is 16.8 Å². The molecular formula is C14H17N3O2S. The Hall–Kier alpha value is -1.66. The lowest BCUT2D eigenvalue weighted by Gasteiger charge is -2.31.